The van der Waals surface area contributed by atoms with E-state index in [2.05, 4.69) is 5.32 Å². The minimum Gasteiger partial charge on any atom is -0.351 e. The summed E-state index contributed by atoms with van der Waals surface area (Å²) in [6, 6.07) is 34.3. The van der Waals surface area contributed by atoms with Gasteiger partial charge in [-0.3, -0.25) is 4.79 Å². The molecule has 0 bridgehead atoms. The zero-order valence-corrected chi connectivity index (χ0v) is 18.9. The van der Waals surface area contributed by atoms with E-state index in [1.54, 1.807) is 30.3 Å². The van der Waals surface area contributed by atoms with E-state index in [0.717, 1.165) is 15.9 Å². The van der Waals surface area contributed by atoms with Gasteiger partial charge in [0, 0.05) is 22.6 Å². The molecule has 0 unspecified atom stereocenters. The standard InChI is InChI=1S/C28H21F3NOP/c29-28(30,31)27(20-25(33)21-12-4-1-5-13-21)32-24-18-10-11-19-26(24)34(22-14-6-2-7-15-22)23-16-8-3-9-17-23/h1-20,32H/b27-20+. The van der Waals surface area contributed by atoms with Crippen LogP contribution in [0.15, 0.2) is 127 Å². The number of rotatable bonds is 7. The smallest absolute Gasteiger partial charge is 0.351 e. The number of ketones is 1. The highest BCUT2D eigenvalue weighted by Crippen LogP contribution is 2.37. The molecule has 0 saturated carbocycles. The van der Waals surface area contributed by atoms with Crippen LogP contribution in [0.2, 0.25) is 0 Å². The first kappa shape index (κ1) is 23.5. The molecule has 0 radical (unpaired) electrons. The zero-order chi connectivity index (χ0) is 24.0. The van der Waals surface area contributed by atoms with Gasteiger partial charge in [0.1, 0.15) is 5.70 Å². The van der Waals surface area contributed by atoms with E-state index in [4.69, 9.17) is 0 Å². The number of anilines is 1. The van der Waals surface area contributed by atoms with Crippen LogP contribution in [0.1, 0.15) is 10.4 Å². The monoisotopic (exact) mass is 475 g/mol. The fourth-order valence-electron chi connectivity index (χ4n) is 3.51. The molecule has 0 atom stereocenters. The third-order valence-electron chi connectivity index (χ3n) is 5.08. The fourth-order valence-corrected chi connectivity index (χ4v) is 5.91. The highest BCUT2D eigenvalue weighted by Gasteiger charge is 2.35. The Morgan fingerprint density at radius 2 is 1.15 bits per heavy atom. The minimum atomic E-state index is -4.74. The van der Waals surface area contributed by atoms with E-state index in [-0.39, 0.29) is 5.56 Å². The van der Waals surface area contributed by atoms with Gasteiger partial charge < -0.3 is 5.32 Å². The number of carbonyl (C=O) groups excluding carboxylic acids is 1. The number of nitrogens with one attached hydrogen (secondary N) is 1. The largest absolute Gasteiger partial charge is 0.431 e. The van der Waals surface area contributed by atoms with Gasteiger partial charge in [-0.15, -0.1) is 0 Å². The van der Waals surface area contributed by atoms with Crippen LogP contribution < -0.4 is 21.2 Å². The molecule has 4 aromatic rings. The van der Waals surface area contributed by atoms with Crippen LogP contribution in [0.5, 0.6) is 0 Å². The second kappa shape index (κ2) is 10.5. The van der Waals surface area contributed by atoms with Crippen LogP contribution in [0, 0.1) is 0 Å². The van der Waals surface area contributed by atoms with Crippen molar-refractivity contribution in [1.82, 2.24) is 0 Å². The van der Waals surface area contributed by atoms with Gasteiger partial charge in [-0.1, -0.05) is 109 Å². The van der Waals surface area contributed by atoms with Gasteiger partial charge in [-0.2, -0.15) is 13.2 Å². The lowest BCUT2D eigenvalue weighted by atomic mass is 10.1. The normalized spacial score (nSPS) is 11.9. The molecular formula is C28H21F3NOP. The Morgan fingerprint density at radius 1 is 0.676 bits per heavy atom. The Kier molecular flexibility index (Phi) is 7.24. The first-order valence-electron chi connectivity index (χ1n) is 10.6. The van der Waals surface area contributed by atoms with E-state index in [1.807, 2.05) is 72.8 Å². The van der Waals surface area contributed by atoms with E-state index >= 15 is 0 Å². The van der Waals surface area contributed by atoms with Gasteiger partial charge in [0.15, 0.2) is 5.78 Å². The molecule has 34 heavy (non-hydrogen) atoms. The second-order valence-electron chi connectivity index (χ2n) is 7.43. The molecule has 6 heteroatoms. The molecule has 2 nitrogen and oxygen atoms in total. The lowest BCUT2D eigenvalue weighted by Crippen LogP contribution is -2.26. The van der Waals surface area contributed by atoms with Crippen molar-refractivity contribution in [3.05, 3.63) is 133 Å². The molecule has 170 valence electrons. The summed E-state index contributed by atoms with van der Waals surface area (Å²) >= 11 is 0. The van der Waals surface area contributed by atoms with Crippen LogP contribution in [-0.2, 0) is 0 Å². The molecule has 0 saturated heterocycles. The van der Waals surface area contributed by atoms with Crippen LogP contribution >= 0.6 is 7.92 Å². The summed E-state index contributed by atoms with van der Waals surface area (Å²) in [5, 5.41) is 5.29. The molecule has 4 aromatic carbocycles. The van der Waals surface area contributed by atoms with Gasteiger partial charge in [0.25, 0.3) is 0 Å². The van der Waals surface area contributed by atoms with E-state index in [1.165, 1.54) is 12.1 Å². The van der Waals surface area contributed by atoms with Gasteiger partial charge in [0.05, 0.1) is 0 Å². The Hall–Kier alpha value is -3.69. The highest BCUT2D eigenvalue weighted by molar-refractivity contribution is 7.80. The van der Waals surface area contributed by atoms with Crippen molar-refractivity contribution in [3.63, 3.8) is 0 Å². The number of alkyl halides is 3. The van der Waals surface area contributed by atoms with Gasteiger partial charge in [-0.25, -0.2) is 0 Å². The summed E-state index contributed by atoms with van der Waals surface area (Å²) in [6.07, 6.45) is -4.11. The fraction of sp³-hybridized carbons (Fsp3) is 0.0357. The van der Waals surface area contributed by atoms with Crippen LogP contribution in [-0.4, -0.2) is 12.0 Å². The highest BCUT2D eigenvalue weighted by atomic mass is 31.1. The SMILES string of the molecule is O=C(/C=C(/Nc1ccccc1P(c1ccccc1)c1ccccc1)C(F)(F)F)c1ccccc1. The average Bonchev–Trinajstić information content (AvgIpc) is 2.86. The molecule has 0 heterocycles. The third-order valence-corrected chi connectivity index (χ3v) is 7.58. The number of hydrogen-bond acceptors (Lipinski definition) is 2. The van der Waals surface area contributed by atoms with Crippen LogP contribution in [0.4, 0.5) is 18.9 Å². The molecular weight excluding hydrogens is 454 g/mol. The summed E-state index contributed by atoms with van der Waals surface area (Å²) in [6.45, 7) is 0. The van der Waals surface area contributed by atoms with Crippen molar-refractivity contribution in [2.24, 2.45) is 0 Å². The predicted molar refractivity (Wildman–Crippen MR) is 134 cm³/mol. The first-order chi connectivity index (χ1) is 16.4. The zero-order valence-electron chi connectivity index (χ0n) is 18.0. The molecule has 0 aromatic heterocycles. The van der Waals surface area contributed by atoms with E-state index < -0.39 is 25.6 Å². The van der Waals surface area contributed by atoms with Gasteiger partial charge >= 0.3 is 6.18 Å². The molecule has 0 aliphatic heterocycles. The van der Waals surface area contributed by atoms with Crippen molar-refractivity contribution in [2.45, 2.75) is 6.18 Å². The number of halogens is 3. The Labute approximate surface area is 197 Å². The van der Waals surface area contributed by atoms with Crippen molar-refractivity contribution < 1.29 is 18.0 Å². The summed E-state index contributed by atoms with van der Waals surface area (Å²) < 4.78 is 41.9. The number of carbonyl (C=O) groups is 1. The summed E-state index contributed by atoms with van der Waals surface area (Å²) in [7, 11) is -1.14. The Bertz CT molecular complexity index is 1230. The van der Waals surface area contributed by atoms with Crippen LogP contribution in [0.3, 0.4) is 0 Å². The van der Waals surface area contributed by atoms with Crippen molar-refractivity contribution in [2.75, 3.05) is 5.32 Å². The maximum Gasteiger partial charge on any atom is 0.431 e. The number of allylic oxidation sites excluding steroid dienone is 2. The second-order valence-corrected chi connectivity index (χ2v) is 9.62. The molecule has 0 aliphatic rings. The molecule has 1 N–H and O–H groups in total. The summed E-state index contributed by atoms with van der Waals surface area (Å²) in [5.74, 6) is -0.716. The average molecular weight is 475 g/mol. The Morgan fingerprint density at radius 3 is 1.68 bits per heavy atom. The number of hydrogen-bond donors (Lipinski definition) is 1. The number of benzene rings is 4. The van der Waals surface area contributed by atoms with Crippen molar-refractivity contribution in [3.8, 4) is 0 Å². The van der Waals surface area contributed by atoms with Gasteiger partial charge in [-0.05, 0) is 24.6 Å². The minimum absolute atomic E-state index is 0.190. The summed E-state index contributed by atoms with van der Waals surface area (Å²) in [5.41, 5.74) is -0.606. The quantitative estimate of drug-likeness (QED) is 0.196. The molecule has 0 fully saturated rings. The Balaban J connectivity index is 1.78. The van der Waals surface area contributed by atoms with Crippen molar-refractivity contribution >= 4 is 35.3 Å². The first-order valence-corrected chi connectivity index (χ1v) is 11.9. The molecule has 0 aliphatic carbocycles. The lowest BCUT2D eigenvalue weighted by Gasteiger charge is -2.24. The summed E-state index contributed by atoms with van der Waals surface area (Å²) in [4.78, 5) is 12.5. The van der Waals surface area contributed by atoms with Gasteiger partial charge in [0.2, 0.25) is 0 Å². The predicted octanol–water partition coefficient (Wildman–Crippen LogP) is 6.19. The molecule has 0 amide bonds. The van der Waals surface area contributed by atoms with Crippen LogP contribution in [0.25, 0.3) is 0 Å². The molecule has 0 spiro atoms. The topological polar surface area (TPSA) is 29.1 Å². The lowest BCUT2D eigenvalue weighted by molar-refractivity contribution is -0.0903. The van der Waals surface area contributed by atoms with E-state index in [0.29, 0.717) is 11.8 Å². The maximum atomic E-state index is 14.0. The van der Waals surface area contributed by atoms with Crippen molar-refractivity contribution in [1.29, 1.82) is 0 Å². The number of para-hydroxylation sites is 1. The maximum absolute atomic E-state index is 14.0. The third kappa shape index (κ3) is 5.62. The molecule has 4 rings (SSSR count). The van der Waals surface area contributed by atoms with E-state index in [9.17, 15) is 18.0 Å².